The molecule has 1 atom stereocenters. The summed E-state index contributed by atoms with van der Waals surface area (Å²) in [5.74, 6) is 1.20. The monoisotopic (exact) mass is 316 g/mol. The smallest absolute Gasteiger partial charge is 0.118 e. The molecule has 0 fully saturated rings. The van der Waals surface area contributed by atoms with Crippen LogP contribution < -0.4 is 4.74 Å². The van der Waals surface area contributed by atoms with Gasteiger partial charge in [-0.25, -0.2) is 4.68 Å². The summed E-state index contributed by atoms with van der Waals surface area (Å²) in [6.07, 6.45) is 0. The van der Waals surface area contributed by atoms with E-state index in [-0.39, 0.29) is 0 Å². The van der Waals surface area contributed by atoms with Crippen molar-refractivity contribution in [2.45, 2.75) is 32.5 Å². The van der Waals surface area contributed by atoms with Crippen LogP contribution >= 0.6 is 0 Å². The lowest BCUT2D eigenvalue weighted by Crippen LogP contribution is -2.36. The molecule has 0 bridgehead atoms. The number of fused-ring (bicyclic) bond motifs is 1. The first-order valence-corrected chi connectivity index (χ1v) is 8.01. The standard InChI is InChI=1S/C17H24N4O2/c1-4-21-17-14(12-22-2)10-20(11-16(17)18-19-21)9-13-5-7-15(23-3)8-6-13/h5-8,14H,4,9-12H2,1-3H3/t14-/m1/s1. The zero-order chi connectivity index (χ0) is 16.2. The predicted molar refractivity (Wildman–Crippen MR) is 87.4 cm³/mol. The van der Waals surface area contributed by atoms with Crippen LogP contribution in [0.4, 0.5) is 0 Å². The van der Waals surface area contributed by atoms with Gasteiger partial charge in [0.25, 0.3) is 0 Å². The molecule has 0 saturated heterocycles. The van der Waals surface area contributed by atoms with Gasteiger partial charge in [-0.2, -0.15) is 0 Å². The summed E-state index contributed by atoms with van der Waals surface area (Å²) < 4.78 is 12.6. The third-order valence-electron chi connectivity index (χ3n) is 4.32. The third-order valence-corrected chi connectivity index (χ3v) is 4.32. The van der Waals surface area contributed by atoms with Crippen molar-refractivity contribution in [3.8, 4) is 5.75 Å². The van der Waals surface area contributed by atoms with Gasteiger partial charge in [-0.05, 0) is 24.6 Å². The van der Waals surface area contributed by atoms with Crippen LogP contribution in [-0.4, -0.2) is 47.3 Å². The molecule has 0 unspecified atom stereocenters. The van der Waals surface area contributed by atoms with Crippen LogP contribution in [0.5, 0.6) is 5.75 Å². The summed E-state index contributed by atoms with van der Waals surface area (Å²) >= 11 is 0. The second-order valence-electron chi connectivity index (χ2n) is 5.91. The number of nitrogens with zero attached hydrogens (tertiary/aromatic N) is 4. The maximum atomic E-state index is 5.42. The Morgan fingerprint density at radius 2 is 2.00 bits per heavy atom. The van der Waals surface area contributed by atoms with Crippen molar-refractivity contribution in [3.05, 3.63) is 41.2 Å². The van der Waals surface area contributed by atoms with E-state index in [1.165, 1.54) is 11.3 Å². The average molecular weight is 316 g/mol. The van der Waals surface area contributed by atoms with Gasteiger partial charge in [-0.3, -0.25) is 4.90 Å². The van der Waals surface area contributed by atoms with Crippen molar-refractivity contribution in [3.63, 3.8) is 0 Å². The fraction of sp³-hybridized carbons (Fsp3) is 0.529. The molecular formula is C17H24N4O2. The lowest BCUT2D eigenvalue weighted by Gasteiger charge is -2.32. The van der Waals surface area contributed by atoms with E-state index in [1.54, 1.807) is 14.2 Å². The molecule has 1 aliphatic heterocycles. The van der Waals surface area contributed by atoms with E-state index in [1.807, 2.05) is 16.8 Å². The SMILES string of the molecule is CCn1nnc2c1[C@@H](COC)CN(Cc1ccc(OC)cc1)C2. The Labute approximate surface area is 137 Å². The second-order valence-corrected chi connectivity index (χ2v) is 5.91. The minimum absolute atomic E-state index is 0.317. The first-order chi connectivity index (χ1) is 11.2. The molecule has 0 saturated carbocycles. The number of hydrogen-bond donors (Lipinski definition) is 0. The molecular weight excluding hydrogens is 292 g/mol. The van der Waals surface area contributed by atoms with E-state index in [0.29, 0.717) is 12.5 Å². The van der Waals surface area contributed by atoms with Crippen molar-refractivity contribution < 1.29 is 9.47 Å². The summed E-state index contributed by atoms with van der Waals surface area (Å²) in [5.41, 5.74) is 3.59. The molecule has 0 aliphatic carbocycles. The molecule has 1 aliphatic rings. The summed E-state index contributed by atoms with van der Waals surface area (Å²) in [5, 5.41) is 8.66. The van der Waals surface area contributed by atoms with Crippen LogP contribution in [-0.2, 0) is 24.4 Å². The molecule has 0 N–H and O–H groups in total. The summed E-state index contributed by atoms with van der Waals surface area (Å²) in [6.45, 7) is 6.33. The molecule has 1 aromatic heterocycles. The highest BCUT2D eigenvalue weighted by Crippen LogP contribution is 2.28. The lowest BCUT2D eigenvalue weighted by molar-refractivity contribution is 0.131. The minimum atomic E-state index is 0.317. The number of hydrogen-bond acceptors (Lipinski definition) is 5. The van der Waals surface area contributed by atoms with Crippen LogP contribution in [0.1, 0.15) is 29.8 Å². The van der Waals surface area contributed by atoms with E-state index in [2.05, 4.69) is 34.3 Å². The van der Waals surface area contributed by atoms with Gasteiger partial charge in [0.1, 0.15) is 11.4 Å². The van der Waals surface area contributed by atoms with Crippen molar-refractivity contribution >= 4 is 0 Å². The number of benzene rings is 1. The summed E-state index contributed by atoms with van der Waals surface area (Å²) in [7, 11) is 3.44. The van der Waals surface area contributed by atoms with Gasteiger partial charge < -0.3 is 9.47 Å². The Bertz CT molecular complexity index is 639. The predicted octanol–water partition coefficient (Wildman–Crippen LogP) is 2.05. The Morgan fingerprint density at radius 1 is 1.22 bits per heavy atom. The van der Waals surface area contributed by atoms with Crippen molar-refractivity contribution in [1.82, 2.24) is 19.9 Å². The zero-order valence-corrected chi connectivity index (χ0v) is 14.0. The van der Waals surface area contributed by atoms with Crippen LogP contribution in [0.25, 0.3) is 0 Å². The number of rotatable bonds is 6. The Hall–Kier alpha value is -1.92. The van der Waals surface area contributed by atoms with E-state index < -0.39 is 0 Å². The normalized spacial score (nSPS) is 18.0. The molecule has 6 heteroatoms. The molecule has 1 aromatic carbocycles. The Morgan fingerprint density at radius 3 is 2.65 bits per heavy atom. The lowest BCUT2D eigenvalue weighted by atomic mass is 9.98. The highest BCUT2D eigenvalue weighted by Gasteiger charge is 2.30. The van der Waals surface area contributed by atoms with E-state index in [4.69, 9.17) is 9.47 Å². The largest absolute Gasteiger partial charge is 0.497 e. The number of methoxy groups -OCH3 is 2. The van der Waals surface area contributed by atoms with Crippen LogP contribution in [0, 0.1) is 0 Å². The molecule has 0 amide bonds. The van der Waals surface area contributed by atoms with Gasteiger partial charge in [-0.15, -0.1) is 5.10 Å². The summed E-state index contributed by atoms with van der Waals surface area (Å²) in [6, 6.07) is 8.24. The van der Waals surface area contributed by atoms with Gasteiger partial charge in [0.05, 0.1) is 19.4 Å². The van der Waals surface area contributed by atoms with Crippen molar-refractivity contribution in [2.75, 3.05) is 27.4 Å². The highest BCUT2D eigenvalue weighted by atomic mass is 16.5. The van der Waals surface area contributed by atoms with E-state index in [0.717, 1.165) is 37.6 Å². The Balaban J connectivity index is 1.76. The van der Waals surface area contributed by atoms with Gasteiger partial charge >= 0.3 is 0 Å². The van der Waals surface area contributed by atoms with Gasteiger partial charge in [0.15, 0.2) is 0 Å². The fourth-order valence-corrected chi connectivity index (χ4v) is 3.27. The third kappa shape index (κ3) is 3.38. The first-order valence-electron chi connectivity index (χ1n) is 8.01. The first kappa shape index (κ1) is 16.0. The van der Waals surface area contributed by atoms with Crippen LogP contribution in [0.15, 0.2) is 24.3 Å². The topological polar surface area (TPSA) is 52.4 Å². The number of ether oxygens (including phenoxy) is 2. The molecule has 124 valence electrons. The molecule has 2 heterocycles. The molecule has 6 nitrogen and oxygen atoms in total. The molecule has 0 radical (unpaired) electrons. The fourth-order valence-electron chi connectivity index (χ4n) is 3.27. The molecule has 3 rings (SSSR count). The van der Waals surface area contributed by atoms with Crippen LogP contribution in [0.3, 0.4) is 0 Å². The average Bonchev–Trinajstić information content (AvgIpc) is 2.99. The Kier molecular flexibility index (Phi) is 4.93. The van der Waals surface area contributed by atoms with E-state index >= 15 is 0 Å². The number of aryl methyl sites for hydroxylation is 1. The minimum Gasteiger partial charge on any atom is -0.497 e. The quantitative estimate of drug-likeness (QED) is 0.816. The van der Waals surface area contributed by atoms with Crippen LogP contribution in [0.2, 0.25) is 0 Å². The highest BCUT2D eigenvalue weighted by molar-refractivity contribution is 5.27. The molecule has 2 aromatic rings. The maximum Gasteiger partial charge on any atom is 0.118 e. The van der Waals surface area contributed by atoms with Crippen molar-refractivity contribution in [2.24, 2.45) is 0 Å². The van der Waals surface area contributed by atoms with Gasteiger partial charge in [0.2, 0.25) is 0 Å². The van der Waals surface area contributed by atoms with E-state index in [9.17, 15) is 0 Å². The zero-order valence-electron chi connectivity index (χ0n) is 14.0. The molecule has 0 spiro atoms. The maximum absolute atomic E-state index is 5.42. The molecule has 23 heavy (non-hydrogen) atoms. The number of aromatic nitrogens is 3. The van der Waals surface area contributed by atoms with Gasteiger partial charge in [-0.1, -0.05) is 17.3 Å². The summed E-state index contributed by atoms with van der Waals surface area (Å²) in [4.78, 5) is 2.41. The van der Waals surface area contributed by atoms with Gasteiger partial charge in [0, 0.05) is 39.2 Å². The van der Waals surface area contributed by atoms with Crippen molar-refractivity contribution in [1.29, 1.82) is 0 Å². The second kappa shape index (κ2) is 7.10.